The summed E-state index contributed by atoms with van der Waals surface area (Å²) in [6.07, 6.45) is 11.8. The second-order valence-electron chi connectivity index (χ2n) is 9.42. The maximum atomic E-state index is 13.0. The van der Waals surface area contributed by atoms with E-state index >= 15 is 0 Å². The van der Waals surface area contributed by atoms with Gasteiger partial charge in [-0.1, -0.05) is 84.0 Å². The molecule has 0 amide bonds. The molecule has 0 aromatic heterocycles. The summed E-state index contributed by atoms with van der Waals surface area (Å²) in [6, 6.07) is 0. The van der Waals surface area contributed by atoms with E-state index < -0.39 is 55.1 Å². The summed E-state index contributed by atoms with van der Waals surface area (Å²) < 4.78 is 20.5. The van der Waals surface area contributed by atoms with Gasteiger partial charge in [0.1, 0.15) is 12.7 Å². The van der Waals surface area contributed by atoms with E-state index in [0.717, 1.165) is 46.5 Å². The number of hydrogen-bond donors (Lipinski definition) is 2. The van der Waals surface area contributed by atoms with Gasteiger partial charge in [-0.15, -0.1) is 0 Å². The number of rotatable bonds is 22. The van der Waals surface area contributed by atoms with Crippen molar-refractivity contribution < 1.29 is 48.3 Å². The number of ether oxygens (including phenoxy) is 4. The topological polar surface area (TPSA) is 146 Å². The van der Waals surface area contributed by atoms with Crippen LogP contribution in [0.25, 0.3) is 0 Å². The molecule has 0 saturated carbocycles. The smallest absolute Gasteiger partial charge is 0.397 e. The molecule has 0 heterocycles. The summed E-state index contributed by atoms with van der Waals surface area (Å²) >= 11 is 0. The molecule has 0 aliphatic carbocycles. The highest BCUT2D eigenvalue weighted by Crippen LogP contribution is 2.29. The van der Waals surface area contributed by atoms with Gasteiger partial charge in [0.2, 0.25) is 0 Å². The lowest BCUT2D eigenvalue weighted by Crippen LogP contribution is -2.58. The van der Waals surface area contributed by atoms with Crippen LogP contribution in [0.4, 0.5) is 0 Å². The average molecular weight is 533 g/mol. The first kappa shape index (κ1) is 34.8. The third-order valence-corrected chi connectivity index (χ3v) is 5.79. The molecule has 37 heavy (non-hydrogen) atoms. The van der Waals surface area contributed by atoms with E-state index in [1.165, 1.54) is 51.4 Å². The number of carbonyl (C=O) groups excluding carboxylic acids is 4. The highest BCUT2D eigenvalue weighted by atomic mass is 16.8. The summed E-state index contributed by atoms with van der Waals surface area (Å²) in [5, 5.41) is 18.5. The van der Waals surface area contributed by atoms with E-state index in [-0.39, 0.29) is 6.42 Å². The predicted molar refractivity (Wildman–Crippen MR) is 136 cm³/mol. The number of unbranched alkanes of at least 4 members (excludes halogenated alkanes) is 12. The van der Waals surface area contributed by atoms with Gasteiger partial charge in [-0.25, -0.2) is 4.79 Å². The monoisotopic (exact) mass is 532 g/mol. The van der Waals surface area contributed by atoms with Gasteiger partial charge in [0.05, 0.1) is 6.61 Å². The Morgan fingerprint density at radius 2 is 1.14 bits per heavy atom. The Morgan fingerprint density at radius 3 is 1.51 bits per heavy atom. The number of hydrogen-bond acceptors (Lipinski definition) is 10. The normalized spacial score (nSPS) is 12.9. The first-order valence-corrected chi connectivity index (χ1v) is 13.6. The van der Waals surface area contributed by atoms with Gasteiger partial charge in [0.25, 0.3) is 0 Å². The molecule has 0 rings (SSSR count). The highest BCUT2D eigenvalue weighted by Gasteiger charge is 2.56. The maximum absolute atomic E-state index is 13.0. The van der Waals surface area contributed by atoms with Crippen molar-refractivity contribution in [1.29, 1.82) is 0 Å². The van der Waals surface area contributed by atoms with E-state index in [4.69, 9.17) is 24.1 Å². The fraction of sp³-hybridized carbons (Fsp3) is 0.852. The van der Waals surface area contributed by atoms with Gasteiger partial charge in [0, 0.05) is 20.8 Å². The molecule has 216 valence electrons. The minimum Gasteiger partial charge on any atom is -0.457 e. The summed E-state index contributed by atoms with van der Waals surface area (Å²) in [4.78, 5) is 48.5. The summed E-state index contributed by atoms with van der Waals surface area (Å²) in [5.74, 6) is -6.71. The van der Waals surface area contributed by atoms with Gasteiger partial charge in [0.15, 0.2) is 6.10 Å². The third-order valence-electron chi connectivity index (χ3n) is 5.79. The minimum atomic E-state index is -2.67. The van der Waals surface area contributed by atoms with E-state index in [2.05, 4.69) is 6.92 Å². The van der Waals surface area contributed by atoms with E-state index in [1.54, 1.807) is 0 Å². The fourth-order valence-corrected chi connectivity index (χ4v) is 3.99. The Bertz CT molecular complexity index is 648. The molecule has 2 N–H and O–H groups in total. The van der Waals surface area contributed by atoms with Crippen LogP contribution in [-0.4, -0.2) is 65.3 Å². The molecule has 10 heteroatoms. The average Bonchev–Trinajstić information content (AvgIpc) is 2.82. The summed E-state index contributed by atoms with van der Waals surface area (Å²) in [7, 11) is 0. The molecule has 0 aromatic carbocycles. The Hall–Kier alpha value is -2.20. The number of carbonyl (C=O) groups is 4. The van der Waals surface area contributed by atoms with Crippen molar-refractivity contribution in [2.75, 3.05) is 13.2 Å². The highest BCUT2D eigenvalue weighted by molar-refractivity contribution is 5.85. The van der Waals surface area contributed by atoms with Crippen molar-refractivity contribution in [2.45, 2.75) is 136 Å². The van der Waals surface area contributed by atoms with Crippen LogP contribution in [-0.2, 0) is 38.1 Å². The van der Waals surface area contributed by atoms with Gasteiger partial charge in [-0.05, 0) is 12.8 Å². The van der Waals surface area contributed by atoms with Crippen molar-refractivity contribution in [2.24, 2.45) is 0 Å². The second-order valence-corrected chi connectivity index (χ2v) is 9.42. The quantitative estimate of drug-likeness (QED) is 0.0903. The molecule has 0 aliphatic rings. The van der Waals surface area contributed by atoms with Crippen LogP contribution in [0.5, 0.6) is 0 Å². The van der Waals surface area contributed by atoms with Crippen LogP contribution >= 0.6 is 0 Å². The van der Waals surface area contributed by atoms with Crippen molar-refractivity contribution >= 4 is 23.9 Å². The lowest BCUT2D eigenvalue weighted by Gasteiger charge is -2.35. The molecule has 0 aliphatic heterocycles. The maximum Gasteiger partial charge on any atom is 0.397 e. The Kier molecular flexibility index (Phi) is 19.6. The Balaban J connectivity index is 4.99. The largest absolute Gasteiger partial charge is 0.457 e. The molecular weight excluding hydrogens is 484 g/mol. The molecule has 10 nitrogen and oxygen atoms in total. The molecule has 0 fully saturated rings. The van der Waals surface area contributed by atoms with Crippen molar-refractivity contribution in [1.82, 2.24) is 0 Å². The van der Waals surface area contributed by atoms with Crippen LogP contribution in [0.1, 0.15) is 118 Å². The zero-order valence-corrected chi connectivity index (χ0v) is 23.1. The lowest BCUT2D eigenvalue weighted by atomic mass is 10.00. The van der Waals surface area contributed by atoms with Crippen LogP contribution in [0.2, 0.25) is 0 Å². The SMILES string of the molecule is CCCCCCCCCCCCCCCC(OC(C)=O)C(OC(C)=O)(OC(C)=O)C(=O)OCC(O)CO. The standard InChI is InChI=1S/C27H48O10/c1-5-6-7-8-9-10-11-12-13-14-15-16-17-18-25(35-21(2)29)27(36-22(3)30,37-23(4)31)26(33)34-20-24(32)19-28/h24-25,28,32H,5-20H2,1-4H3. The summed E-state index contributed by atoms with van der Waals surface area (Å²) in [5.41, 5.74) is 0. The summed E-state index contributed by atoms with van der Waals surface area (Å²) in [6.45, 7) is 4.00. The zero-order valence-electron chi connectivity index (χ0n) is 23.1. The molecule has 0 spiro atoms. The van der Waals surface area contributed by atoms with Crippen LogP contribution < -0.4 is 0 Å². The lowest BCUT2D eigenvalue weighted by molar-refractivity contribution is -0.268. The minimum absolute atomic E-state index is 0.0650. The molecular formula is C27H48O10. The first-order valence-electron chi connectivity index (χ1n) is 13.6. The van der Waals surface area contributed by atoms with E-state index in [1.807, 2.05) is 0 Å². The van der Waals surface area contributed by atoms with Crippen LogP contribution in [0.15, 0.2) is 0 Å². The van der Waals surface area contributed by atoms with Crippen LogP contribution in [0.3, 0.4) is 0 Å². The number of esters is 4. The third kappa shape index (κ3) is 16.3. The van der Waals surface area contributed by atoms with E-state index in [0.29, 0.717) is 6.42 Å². The predicted octanol–water partition coefficient (Wildman–Crippen LogP) is 4.12. The molecule has 2 unspecified atom stereocenters. The Labute approximate surface area is 221 Å². The molecule has 0 radical (unpaired) electrons. The first-order chi connectivity index (χ1) is 17.6. The molecule has 0 bridgehead atoms. The van der Waals surface area contributed by atoms with Crippen molar-refractivity contribution in [3.05, 3.63) is 0 Å². The molecule has 0 aromatic rings. The molecule has 2 atom stereocenters. The van der Waals surface area contributed by atoms with Crippen LogP contribution in [0, 0.1) is 0 Å². The van der Waals surface area contributed by atoms with Gasteiger partial charge < -0.3 is 29.2 Å². The van der Waals surface area contributed by atoms with Crippen molar-refractivity contribution in [3.8, 4) is 0 Å². The van der Waals surface area contributed by atoms with Gasteiger partial charge in [-0.2, -0.15) is 0 Å². The van der Waals surface area contributed by atoms with Gasteiger partial charge >= 0.3 is 29.7 Å². The zero-order chi connectivity index (χ0) is 28.1. The van der Waals surface area contributed by atoms with E-state index in [9.17, 15) is 24.3 Å². The van der Waals surface area contributed by atoms with Crippen molar-refractivity contribution in [3.63, 3.8) is 0 Å². The number of aliphatic hydroxyl groups excluding tert-OH is 2. The number of aliphatic hydroxyl groups is 2. The van der Waals surface area contributed by atoms with Gasteiger partial charge in [-0.3, -0.25) is 14.4 Å². The second kappa shape index (κ2) is 20.8. The molecule has 0 saturated heterocycles. The Morgan fingerprint density at radius 1 is 0.703 bits per heavy atom. The fourth-order valence-electron chi connectivity index (χ4n) is 3.99.